The third-order valence-corrected chi connectivity index (χ3v) is 3.04. The standard InChI is InChI=1S/C15H16O/c1-2-6-12-8-5-10-14(12)15-9-4-3-7-13(15)11-16/h2-4,6-7,9,11H,5,8,10H2,1H3/b6-2+. The fourth-order valence-electron chi connectivity index (χ4n) is 2.33. The predicted octanol–water partition coefficient (Wildman–Crippen LogP) is 4.01. The van der Waals surface area contributed by atoms with Gasteiger partial charge in [-0.05, 0) is 42.9 Å². The number of benzene rings is 1. The van der Waals surface area contributed by atoms with Gasteiger partial charge in [0.2, 0.25) is 0 Å². The van der Waals surface area contributed by atoms with Crippen LogP contribution < -0.4 is 0 Å². The van der Waals surface area contributed by atoms with Crippen molar-refractivity contribution in [3.8, 4) is 0 Å². The molecule has 0 fully saturated rings. The molecule has 82 valence electrons. The third kappa shape index (κ3) is 1.99. The highest BCUT2D eigenvalue weighted by molar-refractivity contribution is 5.87. The Kier molecular flexibility index (Phi) is 3.35. The highest BCUT2D eigenvalue weighted by atomic mass is 16.1. The average Bonchev–Trinajstić information content (AvgIpc) is 2.77. The van der Waals surface area contributed by atoms with Crippen LogP contribution in [-0.2, 0) is 0 Å². The summed E-state index contributed by atoms with van der Waals surface area (Å²) in [6.45, 7) is 2.04. The first-order chi connectivity index (χ1) is 7.86. The van der Waals surface area contributed by atoms with Crippen LogP contribution in [0.4, 0.5) is 0 Å². The molecule has 0 atom stereocenters. The van der Waals surface area contributed by atoms with Gasteiger partial charge in [0.15, 0.2) is 6.29 Å². The molecule has 1 aliphatic carbocycles. The van der Waals surface area contributed by atoms with E-state index in [4.69, 9.17) is 0 Å². The lowest BCUT2D eigenvalue weighted by Crippen LogP contribution is -1.91. The number of allylic oxidation sites excluding steroid dienone is 4. The third-order valence-electron chi connectivity index (χ3n) is 3.04. The molecule has 1 nitrogen and oxygen atoms in total. The number of carbonyl (C=O) groups is 1. The van der Waals surface area contributed by atoms with Gasteiger partial charge in [0.25, 0.3) is 0 Å². The number of hydrogen-bond acceptors (Lipinski definition) is 1. The number of carbonyl (C=O) groups excluding carboxylic acids is 1. The first-order valence-corrected chi connectivity index (χ1v) is 5.76. The van der Waals surface area contributed by atoms with E-state index in [-0.39, 0.29) is 0 Å². The Hall–Kier alpha value is -1.63. The SMILES string of the molecule is C/C=C/C1=C(c2ccccc2C=O)CCC1. The van der Waals surface area contributed by atoms with Gasteiger partial charge in [-0.15, -0.1) is 0 Å². The van der Waals surface area contributed by atoms with Gasteiger partial charge in [-0.2, -0.15) is 0 Å². The normalized spacial score (nSPS) is 16.1. The van der Waals surface area contributed by atoms with Crippen molar-refractivity contribution < 1.29 is 4.79 Å². The van der Waals surface area contributed by atoms with E-state index in [2.05, 4.69) is 12.2 Å². The van der Waals surface area contributed by atoms with Crippen molar-refractivity contribution in [1.82, 2.24) is 0 Å². The van der Waals surface area contributed by atoms with Gasteiger partial charge in [-0.1, -0.05) is 36.4 Å². The topological polar surface area (TPSA) is 17.1 Å². The Morgan fingerprint density at radius 3 is 2.75 bits per heavy atom. The fourth-order valence-corrected chi connectivity index (χ4v) is 2.33. The van der Waals surface area contributed by atoms with Crippen LogP contribution >= 0.6 is 0 Å². The molecule has 16 heavy (non-hydrogen) atoms. The van der Waals surface area contributed by atoms with Gasteiger partial charge < -0.3 is 0 Å². The summed E-state index contributed by atoms with van der Waals surface area (Å²) < 4.78 is 0. The molecule has 0 unspecified atom stereocenters. The summed E-state index contributed by atoms with van der Waals surface area (Å²) in [5, 5.41) is 0. The van der Waals surface area contributed by atoms with Crippen LogP contribution in [0.3, 0.4) is 0 Å². The smallest absolute Gasteiger partial charge is 0.150 e. The molecule has 0 saturated carbocycles. The molecule has 0 spiro atoms. The van der Waals surface area contributed by atoms with Crippen LogP contribution in [0.1, 0.15) is 42.1 Å². The quantitative estimate of drug-likeness (QED) is 0.692. The van der Waals surface area contributed by atoms with E-state index in [1.165, 1.54) is 17.6 Å². The van der Waals surface area contributed by atoms with Gasteiger partial charge in [-0.25, -0.2) is 0 Å². The summed E-state index contributed by atoms with van der Waals surface area (Å²) in [6, 6.07) is 7.85. The molecule has 0 N–H and O–H groups in total. The van der Waals surface area contributed by atoms with Crippen LogP contribution in [0.25, 0.3) is 5.57 Å². The highest BCUT2D eigenvalue weighted by Gasteiger charge is 2.16. The van der Waals surface area contributed by atoms with Crippen molar-refractivity contribution in [2.24, 2.45) is 0 Å². The van der Waals surface area contributed by atoms with Crippen LogP contribution in [0.2, 0.25) is 0 Å². The van der Waals surface area contributed by atoms with E-state index < -0.39 is 0 Å². The molecule has 0 heterocycles. The molecule has 2 rings (SSSR count). The van der Waals surface area contributed by atoms with E-state index in [1.807, 2.05) is 31.2 Å². The predicted molar refractivity (Wildman–Crippen MR) is 67.4 cm³/mol. The second-order valence-corrected chi connectivity index (χ2v) is 4.06. The van der Waals surface area contributed by atoms with Crippen molar-refractivity contribution in [2.75, 3.05) is 0 Å². The Bertz CT molecular complexity index is 452. The second kappa shape index (κ2) is 4.93. The summed E-state index contributed by atoms with van der Waals surface area (Å²) in [7, 11) is 0. The largest absolute Gasteiger partial charge is 0.298 e. The van der Waals surface area contributed by atoms with E-state index in [9.17, 15) is 4.79 Å². The zero-order valence-electron chi connectivity index (χ0n) is 9.57. The summed E-state index contributed by atoms with van der Waals surface area (Å²) in [5.74, 6) is 0. The molecule has 0 saturated heterocycles. The van der Waals surface area contributed by atoms with Gasteiger partial charge >= 0.3 is 0 Å². The molecular weight excluding hydrogens is 196 g/mol. The minimum absolute atomic E-state index is 0.807. The molecule has 1 aliphatic rings. The minimum atomic E-state index is 0.807. The summed E-state index contributed by atoms with van der Waals surface area (Å²) in [5.41, 5.74) is 4.65. The molecule has 1 heteroatoms. The van der Waals surface area contributed by atoms with E-state index in [0.717, 1.165) is 30.3 Å². The van der Waals surface area contributed by atoms with Gasteiger partial charge in [-0.3, -0.25) is 4.79 Å². The minimum Gasteiger partial charge on any atom is -0.298 e. The van der Waals surface area contributed by atoms with E-state index in [0.29, 0.717) is 0 Å². The van der Waals surface area contributed by atoms with Crippen molar-refractivity contribution >= 4 is 11.9 Å². The molecule has 0 aliphatic heterocycles. The van der Waals surface area contributed by atoms with Crippen LogP contribution in [0, 0.1) is 0 Å². The van der Waals surface area contributed by atoms with Gasteiger partial charge in [0.05, 0.1) is 0 Å². The van der Waals surface area contributed by atoms with Crippen molar-refractivity contribution in [1.29, 1.82) is 0 Å². The monoisotopic (exact) mass is 212 g/mol. The maximum absolute atomic E-state index is 11.0. The highest BCUT2D eigenvalue weighted by Crippen LogP contribution is 2.35. The van der Waals surface area contributed by atoms with Crippen molar-refractivity contribution in [2.45, 2.75) is 26.2 Å². The van der Waals surface area contributed by atoms with Crippen molar-refractivity contribution in [3.05, 3.63) is 53.1 Å². The maximum Gasteiger partial charge on any atom is 0.150 e. The average molecular weight is 212 g/mol. The molecule has 0 amide bonds. The zero-order chi connectivity index (χ0) is 11.4. The lowest BCUT2D eigenvalue weighted by Gasteiger charge is -2.07. The molecule has 0 radical (unpaired) electrons. The Morgan fingerprint density at radius 1 is 1.19 bits per heavy atom. The summed E-state index contributed by atoms with van der Waals surface area (Å²) >= 11 is 0. The van der Waals surface area contributed by atoms with Gasteiger partial charge in [0, 0.05) is 5.56 Å². The fraction of sp³-hybridized carbons (Fsp3) is 0.267. The Morgan fingerprint density at radius 2 is 2.00 bits per heavy atom. The van der Waals surface area contributed by atoms with E-state index >= 15 is 0 Å². The van der Waals surface area contributed by atoms with Crippen LogP contribution in [0.5, 0.6) is 0 Å². The summed E-state index contributed by atoms with van der Waals surface area (Å²) in [4.78, 5) is 11.0. The number of rotatable bonds is 3. The number of aldehydes is 1. The van der Waals surface area contributed by atoms with Crippen LogP contribution in [0.15, 0.2) is 42.0 Å². The Balaban J connectivity index is 2.50. The summed E-state index contributed by atoms with van der Waals surface area (Å²) in [6.07, 6.45) is 8.61. The zero-order valence-corrected chi connectivity index (χ0v) is 9.57. The lowest BCUT2D eigenvalue weighted by molar-refractivity contribution is 0.112. The van der Waals surface area contributed by atoms with E-state index in [1.54, 1.807) is 0 Å². The molecule has 1 aromatic rings. The van der Waals surface area contributed by atoms with Crippen LogP contribution in [-0.4, -0.2) is 6.29 Å². The molecule has 0 bridgehead atoms. The second-order valence-electron chi connectivity index (χ2n) is 4.06. The molecule has 1 aromatic carbocycles. The maximum atomic E-state index is 11.0. The van der Waals surface area contributed by atoms with Crippen molar-refractivity contribution in [3.63, 3.8) is 0 Å². The first-order valence-electron chi connectivity index (χ1n) is 5.76. The first kappa shape index (κ1) is 10.9. The Labute approximate surface area is 96.5 Å². The molecular formula is C15H16O. The lowest BCUT2D eigenvalue weighted by atomic mass is 9.97. The molecule has 0 aromatic heterocycles. The number of hydrogen-bond donors (Lipinski definition) is 0. The van der Waals surface area contributed by atoms with Gasteiger partial charge in [0.1, 0.15) is 0 Å².